The number of benzene rings is 1. The number of rotatable bonds is 5. The zero-order chi connectivity index (χ0) is 15.4. The Hall–Kier alpha value is -1.99. The van der Waals surface area contributed by atoms with Crippen LogP contribution in [0.15, 0.2) is 34.1 Å². The molecule has 8 heteroatoms. The summed E-state index contributed by atoms with van der Waals surface area (Å²) >= 11 is 7.06. The van der Waals surface area contributed by atoms with Crippen molar-refractivity contribution < 1.29 is 19.1 Å². The van der Waals surface area contributed by atoms with Crippen molar-refractivity contribution in [3.8, 4) is 0 Å². The number of nitrogens with zero attached hydrogens (tertiary/aromatic N) is 1. The second kappa shape index (κ2) is 6.64. The van der Waals surface area contributed by atoms with Gasteiger partial charge in [-0.05, 0) is 25.1 Å². The van der Waals surface area contributed by atoms with E-state index in [0.717, 1.165) is 17.5 Å². The number of nitrogens with one attached hydrogen (secondary N) is 1. The second-order valence-corrected chi connectivity index (χ2v) is 5.43. The third-order valence-electron chi connectivity index (χ3n) is 2.41. The minimum Gasteiger partial charge on any atom is -0.478 e. The van der Waals surface area contributed by atoms with Gasteiger partial charge in [0.25, 0.3) is 5.22 Å². The van der Waals surface area contributed by atoms with Crippen LogP contribution in [0.5, 0.6) is 0 Å². The highest BCUT2D eigenvalue weighted by molar-refractivity contribution is 7.99. The van der Waals surface area contributed by atoms with Gasteiger partial charge in [0, 0.05) is 0 Å². The van der Waals surface area contributed by atoms with E-state index >= 15 is 0 Å². The van der Waals surface area contributed by atoms with E-state index in [-0.39, 0.29) is 27.9 Å². The number of halogens is 1. The fourth-order valence-electron chi connectivity index (χ4n) is 1.47. The van der Waals surface area contributed by atoms with Crippen molar-refractivity contribution in [2.75, 3.05) is 11.1 Å². The van der Waals surface area contributed by atoms with E-state index in [1.165, 1.54) is 24.5 Å². The van der Waals surface area contributed by atoms with Gasteiger partial charge in [-0.25, -0.2) is 9.78 Å². The topological polar surface area (TPSA) is 92.4 Å². The number of aryl methyl sites for hydroxylation is 1. The minimum atomic E-state index is -1.09. The van der Waals surface area contributed by atoms with Gasteiger partial charge in [-0.15, -0.1) is 0 Å². The number of hydrogen-bond acceptors (Lipinski definition) is 5. The maximum Gasteiger partial charge on any atom is 0.335 e. The predicted octanol–water partition coefficient (Wildman–Crippen LogP) is 3.07. The minimum absolute atomic E-state index is 0.0469. The predicted molar refractivity (Wildman–Crippen MR) is 79.0 cm³/mol. The van der Waals surface area contributed by atoms with Gasteiger partial charge in [0.05, 0.1) is 27.7 Å². The van der Waals surface area contributed by atoms with E-state index in [1.807, 2.05) is 0 Å². The number of amides is 1. The molecule has 110 valence electrons. The number of aromatic carboxylic acids is 1. The SMILES string of the molecule is Cc1coc(SCC(=O)Nc2cc(C(=O)O)ccc2Cl)n1. The molecule has 2 N–H and O–H groups in total. The molecule has 21 heavy (non-hydrogen) atoms. The Morgan fingerprint density at radius 1 is 1.48 bits per heavy atom. The molecule has 0 unspecified atom stereocenters. The molecule has 0 radical (unpaired) electrons. The Balaban J connectivity index is 1.99. The van der Waals surface area contributed by atoms with E-state index in [4.69, 9.17) is 21.1 Å². The molecule has 2 aromatic rings. The number of hydrogen-bond donors (Lipinski definition) is 2. The Bertz CT molecular complexity index is 687. The molecule has 1 aromatic carbocycles. The van der Waals surface area contributed by atoms with Gasteiger partial charge in [-0.2, -0.15) is 0 Å². The molecule has 6 nitrogen and oxygen atoms in total. The van der Waals surface area contributed by atoms with Crippen LogP contribution in [0.2, 0.25) is 5.02 Å². The first-order chi connectivity index (χ1) is 9.95. The molecule has 0 saturated heterocycles. The number of carboxylic acid groups (broad SMARTS) is 1. The molecule has 1 heterocycles. The summed E-state index contributed by atoms with van der Waals surface area (Å²) in [5.74, 6) is -1.35. The van der Waals surface area contributed by atoms with Crippen molar-refractivity contribution in [3.05, 3.63) is 40.7 Å². The van der Waals surface area contributed by atoms with Crippen LogP contribution in [0, 0.1) is 6.92 Å². The fourth-order valence-corrected chi connectivity index (χ4v) is 2.28. The van der Waals surface area contributed by atoms with Crippen LogP contribution >= 0.6 is 23.4 Å². The Labute approximate surface area is 129 Å². The van der Waals surface area contributed by atoms with Gasteiger partial charge < -0.3 is 14.8 Å². The quantitative estimate of drug-likeness (QED) is 0.820. The number of carbonyl (C=O) groups is 2. The largest absolute Gasteiger partial charge is 0.478 e. The second-order valence-electron chi connectivity index (χ2n) is 4.09. The van der Waals surface area contributed by atoms with Gasteiger partial charge in [0.1, 0.15) is 6.26 Å². The number of thioether (sulfide) groups is 1. The maximum atomic E-state index is 11.8. The lowest BCUT2D eigenvalue weighted by Crippen LogP contribution is -2.14. The number of aromatic nitrogens is 1. The van der Waals surface area contributed by atoms with Crippen LogP contribution in [-0.2, 0) is 4.79 Å². The van der Waals surface area contributed by atoms with Crippen molar-refractivity contribution in [1.29, 1.82) is 0 Å². The van der Waals surface area contributed by atoms with Crippen molar-refractivity contribution >= 4 is 40.9 Å². The van der Waals surface area contributed by atoms with Crippen molar-refractivity contribution in [3.63, 3.8) is 0 Å². The summed E-state index contributed by atoms with van der Waals surface area (Å²) in [6, 6.07) is 4.10. The van der Waals surface area contributed by atoms with Crippen LogP contribution in [-0.4, -0.2) is 27.7 Å². The van der Waals surface area contributed by atoms with Crippen LogP contribution in [0.4, 0.5) is 5.69 Å². The lowest BCUT2D eigenvalue weighted by molar-refractivity contribution is -0.113. The molecule has 0 aliphatic rings. The molecular formula is C13H11ClN2O4S. The van der Waals surface area contributed by atoms with Gasteiger partial charge >= 0.3 is 5.97 Å². The van der Waals surface area contributed by atoms with Gasteiger partial charge in [-0.1, -0.05) is 23.4 Å². The summed E-state index contributed by atoms with van der Waals surface area (Å²) in [5, 5.41) is 12.1. The van der Waals surface area contributed by atoms with E-state index in [9.17, 15) is 9.59 Å². The Kier molecular flexibility index (Phi) is 4.87. The number of carbonyl (C=O) groups excluding carboxylic acids is 1. The number of anilines is 1. The molecule has 0 saturated carbocycles. The van der Waals surface area contributed by atoms with Gasteiger partial charge in [0.2, 0.25) is 5.91 Å². The first-order valence-electron chi connectivity index (χ1n) is 5.83. The monoisotopic (exact) mass is 326 g/mol. The summed E-state index contributed by atoms with van der Waals surface area (Å²) in [5.41, 5.74) is 1.03. The lowest BCUT2D eigenvalue weighted by Gasteiger charge is -2.07. The highest BCUT2D eigenvalue weighted by atomic mass is 35.5. The third kappa shape index (κ3) is 4.24. The molecule has 0 aliphatic heterocycles. The highest BCUT2D eigenvalue weighted by Crippen LogP contribution is 2.24. The van der Waals surface area contributed by atoms with Gasteiger partial charge in [0.15, 0.2) is 0 Å². The molecule has 0 spiro atoms. The molecule has 1 amide bonds. The molecule has 0 bridgehead atoms. The van der Waals surface area contributed by atoms with Crippen molar-refractivity contribution in [2.45, 2.75) is 12.1 Å². The Morgan fingerprint density at radius 3 is 2.86 bits per heavy atom. The first-order valence-corrected chi connectivity index (χ1v) is 7.19. The Morgan fingerprint density at radius 2 is 2.24 bits per heavy atom. The van der Waals surface area contributed by atoms with Crippen molar-refractivity contribution in [1.82, 2.24) is 4.98 Å². The molecule has 1 aromatic heterocycles. The average Bonchev–Trinajstić information content (AvgIpc) is 2.84. The molecule has 0 fully saturated rings. The zero-order valence-electron chi connectivity index (χ0n) is 10.9. The molecule has 0 atom stereocenters. The normalized spacial score (nSPS) is 10.4. The zero-order valence-corrected chi connectivity index (χ0v) is 12.5. The lowest BCUT2D eigenvalue weighted by atomic mass is 10.2. The van der Waals surface area contributed by atoms with E-state index < -0.39 is 5.97 Å². The molecule has 0 aliphatic carbocycles. The highest BCUT2D eigenvalue weighted by Gasteiger charge is 2.11. The average molecular weight is 327 g/mol. The van der Waals surface area contributed by atoms with Crippen LogP contribution in [0.1, 0.15) is 16.1 Å². The first kappa shape index (κ1) is 15.4. The van der Waals surface area contributed by atoms with Crippen LogP contribution < -0.4 is 5.32 Å². The van der Waals surface area contributed by atoms with Crippen LogP contribution in [0.25, 0.3) is 0 Å². The maximum absolute atomic E-state index is 11.8. The van der Waals surface area contributed by atoms with Gasteiger partial charge in [-0.3, -0.25) is 4.79 Å². The fraction of sp³-hybridized carbons (Fsp3) is 0.154. The number of oxazole rings is 1. The summed E-state index contributed by atoms with van der Waals surface area (Å²) in [7, 11) is 0. The van der Waals surface area contributed by atoms with E-state index in [0.29, 0.717) is 5.22 Å². The standard InChI is InChI=1S/C13H11ClN2O4S/c1-7-5-20-13(15-7)21-6-11(17)16-10-4-8(12(18)19)2-3-9(10)14/h2-5H,6H2,1H3,(H,16,17)(H,18,19). The summed E-state index contributed by atoms with van der Waals surface area (Å²) in [4.78, 5) is 26.8. The molecular weight excluding hydrogens is 316 g/mol. The third-order valence-corrected chi connectivity index (χ3v) is 3.58. The number of carboxylic acids is 1. The van der Waals surface area contributed by atoms with E-state index in [2.05, 4.69) is 10.3 Å². The smallest absolute Gasteiger partial charge is 0.335 e. The summed E-state index contributed by atoms with van der Waals surface area (Å²) in [6.45, 7) is 1.78. The molecule has 2 rings (SSSR count). The summed E-state index contributed by atoms with van der Waals surface area (Å²) < 4.78 is 5.11. The van der Waals surface area contributed by atoms with Crippen molar-refractivity contribution in [2.24, 2.45) is 0 Å². The summed E-state index contributed by atoms with van der Waals surface area (Å²) in [6.07, 6.45) is 1.49. The van der Waals surface area contributed by atoms with Crippen LogP contribution in [0.3, 0.4) is 0 Å². The van der Waals surface area contributed by atoms with E-state index in [1.54, 1.807) is 6.92 Å².